The zero-order valence-corrected chi connectivity index (χ0v) is 16.4. The molecule has 1 aliphatic rings. The van der Waals surface area contributed by atoms with E-state index < -0.39 is 5.97 Å². The van der Waals surface area contributed by atoms with Gasteiger partial charge in [0.25, 0.3) is 0 Å². The summed E-state index contributed by atoms with van der Waals surface area (Å²) in [6.45, 7) is 4.96. The molecule has 1 saturated heterocycles. The number of aliphatic hydroxyl groups excluding tert-OH is 1. The number of aliphatic hydroxyl groups is 1. The van der Waals surface area contributed by atoms with Crippen molar-refractivity contribution < 1.29 is 19.0 Å². The van der Waals surface area contributed by atoms with Gasteiger partial charge in [0.15, 0.2) is 0 Å². The monoisotopic (exact) mass is 400 g/mol. The third-order valence-electron chi connectivity index (χ3n) is 4.78. The first kappa shape index (κ1) is 20.9. The minimum absolute atomic E-state index is 0.00241. The van der Waals surface area contributed by atoms with Crippen LogP contribution in [0.1, 0.15) is 22.8 Å². The van der Waals surface area contributed by atoms with Crippen molar-refractivity contribution in [3.63, 3.8) is 0 Å². The van der Waals surface area contributed by atoms with Crippen molar-refractivity contribution in [3.8, 4) is 0 Å². The number of hydrogen-bond donors (Lipinski definition) is 1. The second kappa shape index (κ2) is 10.1. The second-order valence-corrected chi connectivity index (χ2v) is 6.68. The molecule has 0 aliphatic carbocycles. The number of piperazine rings is 1. The fourth-order valence-electron chi connectivity index (χ4n) is 3.15. The van der Waals surface area contributed by atoms with Gasteiger partial charge in [-0.3, -0.25) is 4.90 Å². The van der Waals surface area contributed by atoms with E-state index in [9.17, 15) is 14.3 Å². The minimum atomic E-state index is -0.428. The summed E-state index contributed by atoms with van der Waals surface area (Å²) in [5.74, 6) is -0.128. The SMILES string of the molecule is CCOC(=O)c1cnc(N2CCN([C@@H](C=Cc3ccc(F)cc3)CO)CC2)nc1. The summed E-state index contributed by atoms with van der Waals surface area (Å²) < 4.78 is 17.9. The molecule has 1 atom stereocenters. The van der Waals surface area contributed by atoms with Crippen LogP contribution in [-0.4, -0.2) is 71.4 Å². The molecular weight excluding hydrogens is 375 g/mol. The number of ether oxygens (including phenoxy) is 1. The molecule has 2 aromatic rings. The van der Waals surface area contributed by atoms with E-state index in [1.165, 1.54) is 24.5 Å². The van der Waals surface area contributed by atoms with Crippen LogP contribution in [0.15, 0.2) is 42.7 Å². The lowest BCUT2D eigenvalue weighted by molar-refractivity contribution is 0.0525. The van der Waals surface area contributed by atoms with Crippen molar-refractivity contribution in [2.75, 3.05) is 44.3 Å². The lowest BCUT2D eigenvalue weighted by Gasteiger charge is -2.37. The van der Waals surface area contributed by atoms with E-state index in [-0.39, 0.29) is 18.5 Å². The third kappa shape index (κ3) is 5.58. The molecule has 8 heteroatoms. The Morgan fingerprint density at radius 2 is 1.86 bits per heavy atom. The maximum Gasteiger partial charge on any atom is 0.341 e. The van der Waals surface area contributed by atoms with Crippen LogP contribution in [0.2, 0.25) is 0 Å². The fourth-order valence-corrected chi connectivity index (χ4v) is 3.15. The van der Waals surface area contributed by atoms with Crippen molar-refractivity contribution in [1.29, 1.82) is 0 Å². The molecule has 7 nitrogen and oxygen atoms in total. The minimum Gasteiger partial charge on any atom is -0.462 e. The smallest absolute Gasteiger partial charge is 0.341 e. The Balaban J connectivity index is 1.56. The van der Waals surface area contributed by atoms with Gasteiger partial charge in [-0.15, -0.1) is 0 Å². The highest BCUT2D eigenvalue weighted by Gasteiger charge is 2.23. The average molecular weight is 400 g/mol. The summed E-state index contributed by atoms with van der Waals surface area (Å²) in [6.07, 6.45) is 6.79. The number of esters is 1. The van der Waals surface area contributed by atoms with Gasteiger partial charge in [-0.1, -0.05) is 24.3 Å². The number of aromatic nitrogens is 2. The van der Waals surface area contributed by atoms with Crippen LogP contribution < -0.4 is 4.90 Å². The van der Waals surface area contributed by atoms with Crippen LogP contribution in [0.3, 0.4) is 0 Å². The molecule has 154 valence electrons. The Labute approximate surface area is 169 Å². The first-order valence-electron chi connectivity index (χ1n) is 9.63. The number of benzene rings is 1. The summed E-state index contributed by atoms with van der Waals surface area (Å²) in [5.41, 5.74) is 1.22. The highest BCUT2D eigenvalue weighted by molar-refractivity contribution is 5.88. The number of anilines is 1. The lowest BCUT2D eigenvalue weighted by atomic mass is 10.1. The number of nitrogens with zero attached hydrogens (tertiary/aromatic N) is 4. The van der Waals surface area contributed by atoms with Crippen LogP contribution in [0.25, 0.3) is 6.08 Å². The largest absolute Gasteiger partial charge is 0.462 e. The summed E-state index contributed by atoms with van der Waals surface area (Å²) in [5, 5.41) is 9.77. The molecule has 0 bridgehead atoms. The molecule has 0 spiro atoms. The number of rotatable bonds is 7. The van der Waals surface area contributed by atoms with Crippen LogP contribution in [0.5, 0.6) is 0 Å². The van der Waals surface area contributed by atoms with Gasteiger partial charge in [0.05, 0.1) is 24.8 Å². The first-order chi connectivity index (χ1) is 14.1. The topological polar surface area (TPSA) is 78.8 Å². The maximum absolute atomic E-state index is 13.0. The predicted octanol–water partition coefficient (Wildman–Crippen LogP) is 1.99. The number of carbonyl (C=O) groups is 1. The van der Waals surface area contributed by atoms with E-state index in [0.29, 0.717) is 31.2 Å². The van der Waals surface area contributed by atoms with Crippen LogP contribution >= 0.6 is 0 Å². The van der Waals surface area contributed by atoms with Gasteiger partial charge in [0.1, 0.15) is 5.82 Å². The molecule has 1 aromatic heterocycles. The van der Waals surface area contributed by atoms with Gasteiger partial charge < -0.3 is 14.7 Å². The normalized spacial score (nSPS) is 16.2. The van der Waals surface area contributed by atoms with Gasteiger partial charge in [-0.05, 0) is 24.6 Å². The van der Waals surface area contributed by atoms with Crippen LogP contribution in [0.4, 0.5) is 10.3 Å². The van der Waals surface area contributed by atoms with Gasteiger partial charge in [-0.25, -0.2) is 19.2 Å². The highest BCUT2D eigenvalue weighted by atomic mass is 19.1. The molecule has 0 amide bonds. The Morgan fingerprint density at radius 1 is 1.21 bits per heavy atom. The quantitative estimate of drug-likeness (QED) is 0.712. The van der Waals surface area contributed by atoms with E-state index in [2.05, 4.69) is 14.9 Å². The number of carbonyl (C=O) groups excluding carboxylic acids is 1. The highest BCUT2D eigenvalue weighted by Crippen LogP contribution is 2.15. The van der Waals surface area contributed by atoms with Crippen molar-refractivity contribution in [3.05, 3.63) is 59.7 Å². The molecular formula is C21H25FN4O3. The average Bonchev–Trinajstić information content (AvgIpc) is 2.76. The Hall–Kier alpha value is -2.84. The van der Waals surface area contributed by atoms with Crippen molar-refractivity contribution in [2.24, 2.45) is 0 Å². The van der Waals surface area contributed by atoms with Crippen molar-refractivity contribution in [1.82, 2.24) is 14.9 Å². The van der Waals surface area contributed by atoms with E-state index >= 15 is 0 Å². The molecule has 0 unspecified atom stereocenters. The standard InChI is InChI=1S/C21H25FN4O3/c1-2-29-20(28)17-13-23-21(24-14-17)26-11-9-25(10-12-26)19(15-27)8-5-16-3-6-18(22)7-4-16/h3-8,13-14,19,27H,2,9-12,15H2,1H3/t19-/m0/s1. The second-order valence-electron chi connectivity index (χ2n) is 6.68. The molecule has 3 rings (SSSR count). The predicted molar refractivity (Wildman–Crippen MR) is 108 cm³/mol. The van der Waals surface area contributed by atoms with E-state index in [0.717, 1.165) is 18.7 Å². The van der Waals surface area contributed by atoms with E-state index in [4.69, 9.17) is 4.74 Å². The van der Waals surface area contributed by atoms with Gasteiger partial charge in [0.2, 0.25) is 5.95 Å². The summed E-state index contributed by atoms with van der Waals surface area (Å²) in [4.78, 5) is 24.5. The fraction of sp³-hybridized carbons (Fsp3) is 0.381. The number of halogens is 1. The first-order valence-corrected chi connectivity index (χ1v) is 9.63. The zero-order valence-electron chi connectivity index (χ0n) is 16.4. The Bertz CT molecular complexity index is 819. The molecule has 1 fully saturated rings. The molecule has 0 saturated carbocycles. The molecule has 1 aliphatic heterocycles. The van der Waals surface area contributed by atoms with E-state index in [1.54, 1.807) is 19.1 Å². The van der Waals surface area contributed by atoms with Gasteiger partial charge in [0, 0.05) is 38.6 Å². The molecule has 1 N–H and O–H groups in total. The van der Waals surface area contributed by atoms with Gasteiger partial charge >= 0.3 is 5.97 Å². The third-order valence-corrected chi connectivity index (χ3v) is 4.78. The Kier molecular flexibility index (Phi) is 7.26. The van der Waals surface area contributed by atoms with Gasteiger partial charge in [-0.2, -0.15) is 0 Å². The summed E-state index contributed by atoms with van der Waals surface area (Å²) >= 11 is 0. The Morgan fingerprint density at radius 3 is 2.45 bits per heavy atom. The molecule has 2 heterocycles. The lowest BCUT2D eigenvalue weighted by Crippen LogP contribution is -2.51. The molecule has 1 aromatic carbocycles. The summed E-state index contributed by atoms with van der Waals surface area (Å²) in [7, 11) is 0. The van der Waals surface area contributed by atoms with Crippen molar-refractivity contribution >= 4 is 18.0 Å². The summed E-state index contributed by atoms with van der Waals surface area (Å²) in [6, 6.07) is 6.12. The van der Waals surface area contributed by atoms with Crippen LogP contribution in [0, 0.1) is 5.82 Å². The van der Waals surface area contributed by atoms with Crippen LogP contribution in [-0.2, 0) is 4.74 Å². The molecule has 0 radical (unpaired) electrons. The number of hydrogen-bond acceptors (Lipinski definition) is 7. The van der Waals surface area contributed by atoms with E-state index in [1.807, 2.05) is 17.1 Å². The molecule has 29 heavy (non-hydrogen) atoms. The van der Waals surface area contributed by atoms with Crippen molar-refractivity contribution in [2.45, 2.75) is 13.0 Å². The maximum atomic E-state index is 13.0. The zero-order chi connectivity index (χ0) is 20.6.